The normalized spacial score (nSPS) is 12.1. The van der Waals surface area contributed by atoms with Crippen LogP contribution in [0.5, 0.6) is 0 Å². The van der Waals surface area contributed by atoms with Crippen LogP contribution in [0.15, 0.2) is 53.0 Å². The molecule has 2 aromatic heterocycles. The number of aromatic nitrogens is 3. The number of thioether (sulfide) groups is 1. The van der Waals surface area contributed by atoms with Gasteiger partial charge in [0, 0.05) is 13.1 Å². The van der Waals surface area contributed by atoms with Gasteiger partial charge in [-0.3, -0.25) is 9.89 Å². The SMILES string of the molecule is CCN(CC)C(=O)[C@@H](Sc1n[nH]c(-c2cccs2)n1)c1ccccc1. The first kappa shape index (κ1) is 17.7. The fourth-order valence-electron chi connectivity index (χ4n) is 2.52. The van der Waals surface area contributed by atoms with Gasteiger partial charge in [0.05, 0.1) is 4.88 Å². The average molecular weight is 373 g/mol. The van der Waals surface area contributed by atoms with Crippen LogP contribution >= 0.6 is 23.1 Å². The Morgan fingerprint density at radius 3 is 2.60 bits per heavy atom. The van der Waals surface area contributed by atoms with Gasteiger partial charge in [-0.05, 0) is 30.9 Å². The van der Waals surface area contributed by atoms with E-state index in [1.807, 2.05) is 66.6 Å². The maximum atomic E-state index is 13.0. The molecule has 0 radical (unpaired) electrons. The topological polar surface area (TPSA) is 61.9 Å². The number of carbonyl (C=O) groups excluding carboxylic acids is 1. The summed E-state index contributed by atoms with van der Waals surface area (Å²) < 4.78 is 0. The van der Waals surface area contributed by atoms with Crippen LogP contribution in [0.2, 0.25) is 0 Å². The number of carbonyl (C=O) groups is 1. The van der Waals surface area contributed by atoms with Crippen molar-refractivity contribution in [3.63, 3.8) is 0 Å². The molecule has 7 heteroatoms. The van der Waals surface area contributed by atoms with Crippen LogP contribution in [0.1, 0.15) is 24.7 Å². The third-order valence-corrected chi connectivity index (χ3v) is 5.82. The summed E-state index contributed by atoms with van der Waals surface area (Å²) in [7, 11) is 0. The molecule has 2 heterocycles. The Bertz CT molecular complexity index is 798. The lowest BCUT2D eigenvalue weighted by molar-refractivity contribution is -0.130. The van der Waals surface area contributed by atoms with Crippen LogP contribution in [0.3, 0.4) is 0 Å². The van der Waals surface area contributed by atoms with E-state index in [4.69, 9.17) is 0 Å². The highest BCUT2D eigenvalue weighted by Gasteiger charge is 2.27. The Balaban J connectivity index is 1.86. The second-order valence-corrected chi connectivity index (χ2v) is 7.38. The van der Waals surface area contributed by atoms with Gasteiger partial charge in [-0.25, -0.2) is 4.98 Å². The summed E-state index contributed by atoms with van der Waals surface area (Å²) >= 11 is 2.99. The molecular formula is C18H20N4OS2. The van der Waals surface area contributed by atoms with Crippen LogP contribution in [0.4, 0.5) is 0 Å². The minimum absolute atomic E-state index is 0.0867. The van der Waals surface area contributed by atoms with Gasteiger partial charge >= 0.3 is 0 Å². The van der Waals surface area contributed by atoms with E-state index in [1.165, 1.54) is 11.8 Å². The predicted molar refractivity (Wildman–Crippen MR) is 103 cm³/mol. The van der Waals surface area contributed by atoms with Gasteiger partial charge < -0.3 is 4.90 Å². The summed E-state index contributed by atoms with van der Waals surface area (Å²) in [4.78, 5) is 20.4. The summed E-state index contributed by atoms with van der Waals surface area (Å²) in [5, 5.41) is 9.49. The fourth-order valence-corrected chi connectivity index (χ4v) is 4.18. The Morgan fingerprint density at radius 1 is 1.20 bits per heavy atom. The maximum Gasteiger partial charge on any atom is 0.240 e. The second kappa shape index (κ2) is 8.31. The summed E-state index contributed by atoms with van der Waals surface area (Å²) in [6, 6.07) is 13.8. The number of hydrogen-bond donors (Lipinski definition) is 1. The Hall–Kier alpha value is -2.12. The van der Waals surface area contributed by atoms with E-state index in [2.05, 4.69) is 15.2 Å². The molecule has 0 fully saturated rings. The number of hydrogen-bond acceptors (Lipinski definition) is 5. The van der Waals surface area contributed by atoms with Crippen molar-refractivity contribution in [2.24, 2.45) is 0 Å². The van der Waals surface area contributed by atoms with Gasteiger partial charge in [-0.2, -0.15) is 0 Å². The molecule has 0 bridgehead atoms. The molecule has 0 aliphatic carbocycles. The molecule has 0 aliphatic heterocycles. The van der Waals surface area contributed by atoms with E-state index < -0.39 is 0 Å². The number of likely N-dealkylation sites (N-methyl/N-ethyl adjacent to an activating group) is 1. The average Bonchev–Trinajstić information content (AvgIpc) is 3.33. The second-order valence-electron chi connectivity index (χ2n) is 5.36. The molecule has 1 amide bonds. The molecule has 25 heavy (non-hydrogen) atoms. The van der Waals surface area contributed by atoms with Crippen LogP contribution in [0.25, 0.3) is 10.7 Å². The van der Waals surface area contributed by atoms with Gasteiger partial charge in [-0.1, -0.05) is 48.2 Å². The van der Waals surface area contributed by atoms with Crippen LogP contribution in [0, 0.1) is 0 Å². The molecular weight excluding hydrogens is 352 g/mol. The molecule has 130 valence electrons. The zero-order chi connectivity index (χ0) is 17.6. The van der Waals surface area contributed by atoms with E-state index >= 15 is 0 Å². The van der Waals surface area contributed by atoms with E-state index in [0.29, 0.717) is 18.2 Å². The highest BCUT2D eigenvalue weighted by Crippen LogP contribution is 2.36. The Morgan fingerprint density at radius 2 is 1.96 bits per heavy atom. The van der Waals surface area contributed by atoms with Gasteiger partial charge in [-0.15, -0.1) is 16.4 Å². The number of benzene rings is 1. The molecule has 0 aliphatic rings. The minimum atomic E-state index is -0.354. The molecule has 5 nitrogen and oxygen atoms in total. The Kier molecular flexibility index (Phi) is 5.88. The first-order valence-electron chi connectivity index (χ1n) is 8.19. The lowest BCUT2D eigenvalue weighted by Gasteiger charge is -2.24. The predicted octanol–water partition coefficient (Wildman–Crippen LogP) is 4.24. The zero-order valence-electron chi connectivity index (χ0n) is 14.2. The van der Waals surface area contributed by atoms with Crippen LogP contribution < -0.4 is 0 Å². The third kappa shape index (κ3) is 4.11. The van der Waals surface area contributed by atoms with Crippen molar-refractivity contribution in [3.05, 3.63) is 53.4 Å². The summed E-state index contributed by atoms with van der Waals surface area (Å²) in [6.07, 6.45) is 0. The zero-order valence-corrected chi connectivity index (χ0v) is 15.8. The van der Waals surface area contributed by atoms with E-state index in [0.717, 1.165) is 16.3 Å². The molecule has 1 aromatic carbocycles. The number of nitrogens with zero attached hydrogens (tertiary/aromatic N) is 3. The monoisotopic (exact) mass is 372 g/mol. The van der Waals surface area contributed by atoms with Gasteiger partial charge in [0.15, 0.2) is 5.82 Å². The maximum absolute atomic E-state index is 13.0. The summed E-state index contributed by atoms with van der Waals surface area (Å²) in [5.74, 6) is 0.822. The van der Waals surface area contributed by atoms with Crippen molar-refractivity contribution in [2.45, 2.75) is 24.3 Å². The molecule has 3 aromatic rings. The molecule has 1 N–H and O–H groups in total. The first-order valence-corrected chi connectivity index (χ1v) is 9.95. The molecule has 1 atom stereocenters. The van der Waals surface area contributed by atoms with E-state index in [-0.39, 0.29) is 11.2 Å². The Labute approximate surface area is 155 Å². The van der Waals surface area contributed by atoms with E-state index in [1.54, 1.807) is 11.3 Å². The van der Waals surface area contributed by atoms with Crippen molar-refractivity contribution in [3.8, 4) is 10.7 Å². The lowest BCUT2D eigenvalue weighted by Crippen LogP contribution is -2.33. The number of nitrogens with one attached hydrogen (secondary N) is 1. The fraction of sp³-hybridized carbons (Fsp3) is 0.278. The van der Waals surface area contributed by atoms with Gasteiger partial charge in [0.2, 0.25) is 11.1 Å². The highest BCUT2D eigenvalue weighted by molar-refractivity contribution is 8.00. The minimum Gasteiger partial charge on any atom is -0.342 e. The standard InChI is InChI=1S/C18H20N4OS2/c1-3-22(4-2)17(23)15(13-9-6-5-7-10-13)25-18-19-16(20-21-18)14-11-8-12-24-14/h5-12,15H,3-4H2,1-2H3,(H,19,20,21)/t15-/m0/s1. The smallest absolute Gasteiger partial charge is 0.240 e. The molecule has 0 spiro atoms. The first-order chi connectivity index (χ1) is 12.2. The molecule has 0 saturated heterocycles. The number of rotatable bonds is 7. The van der Waals surface area contributed by atoms with Crippen molar-refractivity contribution < 1.29 is 4.79 Å². The van der Waals surface area contributed by atoms with Crippen LogP contribution in [-0.4, -0.2) is 39.1 Å². The summed E-state index contributed by atoms with van der Waals surface area (Å²) in [5.41, 5.74) is 0.965. The quantitative estimate of drug-likeness (QED) is 0.630. The number of thiophene rings is 1. The third-order valence-electron chi connectivity index (χ3n) is 3.84. The summed E-state index contributed by atoms with van der Waals surface area (Å²) in [6.45, 7) is 5.37. The van der Waals surface area contributed by atoms with Crippen molar-refractivity contribution >= 4 is 29.0 Å². The lowest BCUT2D eigenvalue weighted by atomic mass is 10.1. The van der Waals surface area contributed by atoms with Crippen molar-refractivity contribution in [1.82, 2.24) is 20.1 Å². The van der Waals surface area contributed by atoms with Crippen molar-refractivity contribution in [1.29, 1.82) is 0 Å². The molecule has 0 saturated carbocycles. The highest BCUT2D eigenvalue weighted by atomic mass is 32.2. The van der Waals surface area contributed by atoms with Crippen LogP contribution in [-0.2, 0) is 4.79 Å². The van der Waals surface area contributed by atoms with Gasteiger partial charge in [0.25, 0.3) is 0 Å². The van der Waals surface area contributed by atoms with Crippen molar-refractivity contribution in [2.75, 3.05) is 13.1 Å². The molecule has 3 rings (SSSR count). The van der Waals surface area contributed by atoms with Gasteiger partial charge in [0.1, 0.15) is 5.25 Å². The number of amides is 1. The number of aromatic amines is 1. The molecule has 0 unspecified atom stereocenters. The largest absolute Gasteiger partial charge is 0.342 e. The number of H-pyrrole nitrogens is 1. The van der Waals surface area contributed by atoms with E-state index in [9.17, 15) is 4.79 Å².